The van der Waals surface area contributed by atoms with Gasteiger partial charge in [-0.2, -0.15) is 0 Å². The van der Waals surface area contributed by atoms with Crippen LogP contribution >= 0.6 is 0 Å². The summed E-state index contributed by atoms with van der Waals surface area (Å²) in [4.78, 5) is 2.26. The van der Waals surface area contributed by atoms with E-state index in [0.717, 1.165) is 19.5 Å². The fourth-order valence-corrected chi connectivity index (χ4v) is 4.10. The second-order valence-electron chi connectivity index (χ2n) is 8.32. The van der Waals surface area contributed by atoms with E-state index in [1.54, 1.807) is 0 Å². The lowest BCUT2D eigenvalue weighted by Crippen LogP contribution is -2.32. The SMILES string of the molecule is CCCCCCCCCCCCCCCCCCC(O)N1CCCC1. The number of hydrogen-bond acceptors (Lipinski definition) is 2. The monoisotopic (exact) mass is 353 g/mol. The molecule has 25 heavy (non-hydrogen) atoms. The van der Waals surface area contributed by atoms with Gasteiger partial charge in [0.25, 0.3) is 0 Å². The lowest BCUT2D eigenvalue weighted by atomic mass is 10.0. The fraction of sp³-hybridized carbons (Fsp3) is 1.00. The Bertz CT molecular complexity index is 263. The van der Waals surface area contributed by atoms with Gasteiger partial charge in [-0.1, -0.05) is 103 Å². The van der Waals surface area contributed by atoms with E-state index in [1.807, 2.05) is 0 Å². The minimum atomic E-state index is -0.158. The van der Waals surface area contributed by atoms with Crippen LogP contribution in [0.25, 0.3) is 0 Å². The predicted octanol–water partition coefficient (Wildman–Crippen LogP) is 7.05. The molecule has 0 aromatic heterocycles. The van der Waals surface area contributed by atoms with Gasteiger partial charge >= 0.3 is 0 Å². The third-order valence-electron chi connectivity index (χ3n) is 5.88. The Balaban J connectivity index is 1.69. The van der Waals surface area contributed by atoms with Gasteiger partial charge in [0.2, 0.25) is 0 Å². The van der Waals surface area contributed by atoms with Crippen LogP contribution in [0.15, 0.2) is 0 Å². The van der Waals surface area contributed by atoms with Crippen molar-refractivity contribution in [2.24, 2.45) is 0 Å². The molecule has 0 radical (unpaired) electrons. The quantitative estimate of drug-likeness (QED) is 0.267. The second kappa shape index (κ2) is 17.3. The molecule has 1 aliphatic rings. The third-order valence-corrected chi connectivity index (χ3v) is 5.88. The maximum absolute atomic E-state index is 10.1. The molecule has 1 saturated heterocycles. The van der Waals surface area contributed by atoms with Crippen LogP contribution in [0.5, 0.6) is 0 Å². The number of nitrogens with zero attached hydrogens (tertiary/aromatic N) is 1. The van der Waals surface area contributed by atoms with Crippen LogP contribution < -0.4 is 0 Å². The summed E-state index contributed by atoms with van der Waals surface area (Å²) in [7, 11) is 0. The van der Waals surface area contributed by atoms with Crippen molar-refractivity contribution in [3.05, 3.63) is 0 Å². The van der Waals surface area contributed by atoms with Gasteiger partial charge in [-0.15, -0.1) is 0 Å². The number of likely N-dealkylation sites (tertiary alicyclic amines) is 1. The molecule has 0 aromatic rings. The third kappa shape index (κ3) is 13.7. The summed E-state index contributed by atoms with van der Waals surface area (Å²) in [5, 5.41) is 10.1. The molecule has 150 valence electrons. The van der Waals surface area contributed by atoms with Gasteiger partial charge in [0.1, 0.15) is 6.23 Å². The highest BCUT2D eigenvalue weighted by Crippen LogP contribution is 2.16. The molecular formula is C23H47NO. The predicted molar refractivity (Wildman–Crippen MR) is 111 cm³/mol. The molecular weight excluding hydrogens is 306 g/mol. The molecule has 1 unspecified atom stereocenters. The molecule has 1 aliphatic heterocycles. The number of aliphatic hydroxyl groups excluding tert-OH is 1. The van der Waals surface area contributed by atoms with Crippen molar-refractivity contribution >= 4 is 0 Å². The Morgan fingerprint density at radius 2 is 0.960 bits per heavy atom. The zero-order valence-electron chi connectivity index (χ0n) is 17.3. The lowest BCUT2D eigenvalue weighted by Gasteiger charge is -2.22. The van der Waals surface area contributed by atoms with E-state index >= 15 is 0 Å². The van der Waals surface area contributed by atoms with E-state index in [4.69, 9.17) is 0 Å². The summed E-state index contributed by atoms with van der Waals surface area (Å²) in [6.45, 7) is 4.51. The molecule has 2 nitrogen and oxygen atoms in total. The Morgan fingerprint density at radius 1 is 0.600 bits per heavy atom. The first-order valence-corrected chi connectivity index (χ1v) is 11.8. The van der Waals surface area contributed by atoms with E-state index in [-0.39, 0.29) is 6.23 Å². The summed E-state index contributed by atoms with van der Waals surface area (Å²) in [5.41, 5.74) is 0. The van der Waals surface area contributed by atoms with E-state index in [0.29, 0.717) is 0 Å². The molecule has 1 N–H and O–H groups in total. The highest BCUT2D eigenvalue weighted by molar-refractivity contribution is 4.68. The van der Waals surface area contributed by atoms with Gasteiger partial charge in [-0.25, -0.2) is 0 Å². The standard InChI is InChI=1S/C23H47NO/c1-2-3-4-5-6-7-8-9-10-11-12-13-14-15-16-17-20-23(25)24-21-18-19-22-24/h23,25H,2-22H2,1H3. The van der Waals surface area contributed by atoms with Gasteiger partial charge in [-0.3, -0.25) is 4.90 Å². The van der Waals surface area contributed by atoms with E-state index < -0.39 is 0 Å². The van der Waals surface area contributed by atoms with Crippen molar-refractivity contribution in [1.82, 2.24) is 4.90 Å². The van der Waals surface area contributed by atoms with Crippen LogP contribution in [0.3, 0.4) is 0 Å². The first kappa shape index (κ1) is 23.0. The van der Waals surface area contributed by atoms with Gasteiger partial charge in [-0.05, 0) is 25.7 Å². The lowest BCUT2D eigenvalue weighted by molar-refractivity contribution is 0.0121. The topological polar surface area (TPSA) is 23.5 Å². The van der Waals surface area contributed by atoms with Crippen molar-refractivity contribution in [1.29, 1.82) is 0 Å². The van der Waals surface area contributed by atoms with Crippen LogP contribution in [-0.4, -0.2) is 29.3 Å². The van der Waals surface area contributed by atoms with Gasteiger partial charge in [0.05, 0.1) is 0 Å². The van der Waals surface area contributed by atoms with E-state index in [1.165, 1.54) is 116 Å². The summed E-state index contributed by atoms with van der Waals surface area (Å²) < 4.78 is 0. The number of rotatable bonds is 18. The summed E-state index contributed by atoms with van der Waals surface area (Å²) >= 11 is 0. The Hall–Kier alpha value is -0.0800. The van der Waals surface area contributed by atoms with Crippen LogP contribution in [0, 0.1) is 0 Å². The van der Waals surface area contributed by atoms with Crippen LogP contribution in [-0.2, 0) is 0 Å². The minimum Gasteiger partial charge on any atom is -0.378 e. The average Bonchev–Trinajstić information content (AvgIpc) is 3.16. The molecule has 0 bridgehead atoms. The molecule has 0 aromatic carbocycles. The van der Waals surface area contributed by atoms with Crippen molar-refractivity contribution < 1.29 is 5.11 Å². The molecule has 0 saturated carbocycles. The molecule has 0 aliphatic carbocycles. The number of aliphatic hydroxyl groups is 1. The van der Waals surface area contributed by atoms with Crippen molar-refractivity contribution in [3.8, 4) is 0 Å². The average molecular weight is 354 g/mol. The highest BCUT2D eigenvalue weighted by Gasteiger charge is 2.18. The number of unbranched alkanes of at least 4 members (excludes halogenated alkanes) is 15. The Labute approximate surface area is 158 Å². The minimum absolute atomic E-state index is 0.158. The molecule has 0 spiro atoms. The molecule has 1 rings (SSSR count). The van der Waals surface area contributed by atoms with E-state index in [2.05, 4.69) is 11.8 Å². The molecule has 1 heterocycles. The molecule has 1 fully saturated rings. The molecule has 2 heteroatoms. The summed E-state index contributed by atoms with van der Waals surface area (Å²) in [6, 6.07) is 0. The maximum atomic E-state index is 10.1. The Morgan fingerprint density at radius 3 is 1.36 bits per heavy atom. The molecule has 0 amide bonds. The van der Waals surface area contributed by atoms with Gasteiger partial charge in [0.15, 0.2) is 0 Å². The highest BCUT2D eigenvalue weighted by atomic mass is 16.3. The smallest absolute Gasteiger partial charge is 0.107 e. The maximum Gasteiger partial charge on any atom is 0.107 e. The fourth-order valence-electron chi connectivity index (χ4n) is 4.10. The Kier molecular flexibility index (Phi) is 15.9. The van der Waals surface area contributed by atoms with E-state index in [9.17, 15) is 5.11 Å². The van der Waals surface area contributed by atoms with Crippen molar-refractivity contribution in [2.45, 2.75) is 135 Å². The second-order valence-corrected chi connectivity index (χ2v) is 8.32. The summed E-state index contributed by atoms with van der Waals surface area (Å²) in [6.07, 6.45) is 26.0. The summed E-state index contributed by atoms with van der Waals surface area (Å²) in [5.74, 6) is 0. The van der Waals surface area contributed by atoms with Crippen molar-refractivity contribution in [3.63, 3.8) is 0 Å². The normalized spacial score (nSPS) is 16.6. The first-order valence-electron chi connectivity index (χ1n) is 11.8. The largest absolute Gasteiger partial charge is 0.378 e. The molecule has 1 atom stereocenters. The van der Waals surface area contributed by atoms with Crippen LogP contribution in [0.4, 0.5) is 0 Å². The zero-order chi connectivity index (χ0) is 18.0. The van der Waals surface area contributed by atoms with Gasteiger partial charge < -0.3 is 5.11 Å². The van der Waals surface area contributed by atoms with Crippen LogP contribution in [0.2, 0.25) is 0 Å². The number of hydrogen-bond donors (Lipinski definition) is 1. The van der Waals surface area contributed by atoms with Crippen molar-refractivity contribution in [2.75, 3.05) is 13.1 Å². The first-order chi connectivity index (χ1) is 12.3. The van der Waals surface area contributed by atoms with Crippen LogP contribution in [0.1, 0.15) is 129 Å². The zero-order valence-corrected chi connectivity index (χ0v) is 17.3. The van der Waals surface area contributed by atoms with Gasteiger partial charge in [0, 0.05) is 13.1 Å².